The number of benzene rings is 2. The number of nitro groups is 1. The van der Waals surface area contributed by atoms with Crippen LogP contribution in [-0.2, 0) is 6.42 Å². The Labute approximate surface area is 117 Å². The van der Waals surface area contributed by atoms with Gasteiger partial charge in [0.2, 0.25) is 0 Å². The highest BCUT2D eigenvalue weighted by atomic mass is 16.6. The van der Waals surface area contributed by atoms with E-state index in [1.807, 2.05) is 12.1 Å². The van der Waals surface area contributed by atoms with Gasteiger partial charge < -0.3 is 11.1 Å². The van der Waals surface area contributed by atoms with Crippen LogP contribution < -0.4 is 11.1 Å². The van der Waals surface area contributed by atoms with Crippen molar-refractivity contribution in [1.29, 1.82) is 0 Å². The summed E-state index contributed by atoms with van der Waals surface area (Å²) in [7, 11) is 0. The minimum atomic E-state index is -0.487. The molecule has 20 heavy (non-hydrogen) atoms. The average Bonchev–Trinajstić information content (AvgIpc) is 2.41. The second-order valence-corrected chi connectivity index (χ2v) is 4.60. The first-order valence-corrected chi connectivity index (χ1v) is 6.50. The number of nitrogens with two attached hydrogens (primary N) is 1. The van der Waals surface area contributed by atoms with Crippen molar-refractivity contribution in [3.8, 4) is 0 Å². The lowest BCUT2D eigenvalue weighted by molar-refractivity contribution is -0.383. The highest BCUT2D eigenvalue weighted by Gasteiger charge is 2.10. The molecule has 5 nitrogen and oxygen atoms in total. The van der Waals surface area contributed by atoms with Gasteiger partial charge in [0.15, 0.2) is 0 Å². The van der Waals surface area contributed by atoms with Crippen molar-refractivity contribution in [2.24, 2.45) is 0 Å². The molecule has 0 aliphatic carbocycles. The fraction of sp³-hybridized carbons (Fsp3) is 0.200. The third kappa shape index (κ3) is 3.26. The highest BCUT2D eigenvalue weighted by molar-refractivity contribution is 5.69. The van der Waals surface area contributed by atoms with Crippen LogP contribution in [0, 0.1) is 10.1 Å². The monoisotopic (exact) mass is 271 g/mol. The number of hydrogen-bond donors (Lipinski definition) is 2. The van der Waals surface area contributed by atoms with E-state index in [4.69, 9.17) is 5.73 Å². The molecule has 0 atom stereocenters. The molecular weight excluding hydrogens is 254 g/mol. The molecular formula is C15H17N3O2. The van der Waals surface area contributed by atoms with Gasteiger partial charge in [0.25, 0.3) is 5.69 Å². The van der Waals surface area contributed by atoms with Crippen LogP contribution in [-0.4, -0.2) is 4.92 Å². The fourth-order valence-electron chi connectivity index (χ4n) is 2.01. The van der Waals surface area contributed by atoms with Gasteiger partial charge in [-0.15, -0.1) is 0 Å². The van der Waals surface area contributed by atoms with Gasteiger partial charge in [0.05, 0.1) is 4.92 Å². The van der Waals surface area contributed by atoms with E-state index >= 15 is 0 Å². The Morgan fingerprint density at radius 1 is 1.15 bits per heavy atom. The van der Waals surface area contributed by atoms with Crippen LogP contribution in [0.5, 0.6) is 0 Å². The Hall–Kier alpha value is -2.56. The molecule has 0 radical (unpaired) electrons. The Balaban J connectivity index is 2.13. The lowest BCUT2D eigenvalue weighted by Gasteiger charge is -2.08. The van der Waals surface area contributed by atoms with Gasteiger partial charge in [0, 0.05) is 17.4 Å². The van der Waals surface area contributed by atoms with Crippen LogP contribution >= 0.6 is 0 Å². The molecule has 104 valence electrons. The topological polar surface area (TPSA) is 81.2 Å². The van der Waals surface area contributed by atoms with Crippen LogP contribution in [0.4, 0.5) is 22.7 Å². The lowest BCUT2D eigenvalue weighted by Crippen LogP contribution is -1.97. The summed E-state index contributed by atoms with van der Waals surface area (Å²) >= 11 is 0. The molecule has 0 heterocycles. The van der Waals surface area contributed by atoms with Crippen LogP contribution in [0.2, 0.25) is 0 Å². The van der Waals surface area contributed by atoms with Gasteiger partial charge in [-0.2, -0.15) is 0 Å². The van der Waals surface area contributed by atoms with Crippen LogP contribution in [0.3, 0.4) is 0 Å². The second kappa shape index (κ2) is 6.06. The standard InChI is InChI=1S/C15H17N3O2/c1-2-3-11-4-6-12(7-5-11)17-13-8-9-15(18(19)20)14(16)10-13/h4-10,17H,2-3,16H2,1H3. The van der Waals surface area contributed by atoms with Gasteiger partial charge in [-0.3, -0.25) is 10.1 Å². The number of nitrogens with zero attached hydrogens (tertiary/aromatic N) is 1. The second-order valence-electron chi connectivity index (χ2n) is 4.60. The predicted octanol–water partition coefficient (Wildman–Crippen LogP) is 3.87. The first-order chi connectivity index (χ1) is 9.60. The van der Waals surface area contributed by atoms with Gasteiger partial charge >= 0.3 is 0 Å². The van der Waals surface area contributed by atoms with Crippen molar-refractivity contribution >= 4 is 22.7 Å². The van der Waals surface area contributed by atoms with Crippen molar-refractivity contribution in [1.82, 2.24) is 0 Å². The summed E-state index contributed by atoms with van der Waals surface area (Å²) in [6, 6.07) is 12.7. The summed E-state index contributed by atoms with van der Waals surface area (Å²) in [6.07, 6.45) is 2.18. The molecule has 0 fully saturated rings. The summed E-state index contributed by atoms with van der Waals surface area (Å²) in [4.78, 5) is 10.2. The Kier molecular flexibility index (Phi) is 4.20. The van der Waals surface area contributed by atoms with Crippen molar-refractivity contribution in [2.45, 2.75) is 19.8 Å². The molecule has 2 rings (SSSR count). The quantitative estimate of drug-likeness (QED) is 0.491. The molecule has 0 saturated carbocycles. The fourth-order valence-corrected chi connectivity index (χ4v) is 2.01. The number of rotatable bonds is 5. The summed E-state index contributed by atoms with van der Waals surface area (Å²) in [5, 5.41) is 13.9. The molecule has 5 heteroatoms. The van der Waals surface area contributed by atoms with E-state index in [2.05, 4.69) is 24.4 Å². The average molecular weight is 271 g/mol. The Morgan fingerprint density at radius 3 is 2.35 bits per heavy atom. The van der Waals surface area contributed by atoms with Crippen molar-refractivity contribution < 1.29 is 4.92 Å². The van der Waals surface area contributed by atoms with Crippen LogP contribution in [0.15, 0.2) is 42.5 Å². The summed E-state index contributed by atoms with van der Waals surface area (Å²) in [5.41, 5.74) is 8.69. The molecule has 0 saturated heterocycles. The van der Waals surface area contributed by atoms with Gasteiger partial charge in [-0.05, 0) is 36.2 Å². The minimum Gasteiger partial charge on any atom is -0.393 e. The van der Waals surface area contributed by atoms with E-state index in [1.54, 1.807) is 12.1 Å². The van der Waals surface area contributed by atoms with Gasteiger partial charge in [0.1, 0.15) is 5.69 Å². The zero-order valence-corrected chi connectivity index (χ0v) is 11.3. The lowest BCUT2D eigenvalue weighted by atomic mass is 10.1. The molecule has 0 spiro atoms. The van der Waals surface area contributed by atoms with E-state index in [0.29, 0.717) is 0 Å². The van der Waals surface area contributed by atoms with E-state index in [1.165, 1.54) is 11.6 Å². The van der Waals surface area contributed by atoms with Crippen LogP contribution in [0.1, 0.15) is 18.9 Å². The molecule has 0 bridgehead atoms. The number of nitrogens with one attached hydrogen (secondary N) is 1. The highest BCUT2D eigenvalue weighted by Crippen LogP contribution is 2.26. The Morgan fingerprint density at radius 2 is 1.80 bits per heavy atom. The first-order valence-electron chi connectivity index (χ1n) is 6.50. The normalized spacial score (nSPS) is 10.2. The van der Waals surface area contributed by atoms with E-state index < -0.39 is 4.92 Å². The van der Waals surface area contributed by atoms with E-state index in [0.717, 1.165) is 24.2 Å². The summed E-state index contributed by atoms with van der Waals surface area (Å²) in [5.74, 6) is 0. The third-order valence-corrected chi connectivity index (χ3v) is 3.01. The SMILES string of the molecule is CCCc1ccc(Nc2ccc([N+](=O)[O-])c(N)c2)cc1. The summed E-state index contributed by atoms with van der Waals surface area (Å²) < 4.78 is 0. The molecule has 0 aromatic heterocycles. The zero-order chi connectivity index (χ0) is 14.5. The molecule has 0 amide bonds. The molecule has 0 aliphatic rings. The Bertz CT molecular complexity index is 609. The van der Waals surface area contributed by atoms with Crippen molar-refractivity contribution in [3.63, 3.8) is 0 Å². The summed E-state index contributed by atoms with van der Waals surface area (Å²) in [6.45, 7) is 2.14. The maximum absolute atomic E-state index is 10.7. The van der Waals surface area contributed by atoms with Crippen LogP contribution in [0.25, 0.3) is 0 Å². The van der Waals surface area contributed by atoms with Crippen molar-refractivity contribution in [2.75, 3.05) is 11.1 Å². The van der Waals surface area contributed by atoms with E-state index in [-0.39, 0.29) is 11.4 Å². The molecule has 2 aromatic rings. The van der Waals surface area contributed by atoms with Gasteiger partial charge in [-0.1, -0.05) is 25.5 Å². The largest absolute Gasteiger partial charge is 0.393 e. The molecule has 3 N–H and O–H groups in total. The number of nitrogen functional groups attached to an aromatic ring is 1. The first kappa shape index (κ1) is 13.9. The zero-order valence-electron chi connectivity index (χ0n) is 11.3. The van der Waals surface area contributed by atoms with Gasteiger partial charge in [-0.25, -0.2) is 0 Å². The van der Waals surface area contributed by atoms with E-state index in [9.17, 15) is 10.1 Å². The maximum Gasteiger partial charge on any atom is 0.292 e. The molecule has 2 aromatic carbocycles. The molecule has 0 unspecified atom stereocenters. The predicted molar refractivity (Wildman–Crippen MR) is 81.2 cm³/mol. The maximum atomic E-state index is 10.7. The number of hydrogen-bond acceptors (Lipinski definition) is 4. The number of anilines is 3. The molecule has 0 aliphatic heterocycles. The minimum absolute atomic E-state index is 0.0751. The van der Waals surface area contributed by atoms with Crippen molar-refractivity contribution in [3.05, 3.63) is 58.1 Å². The smallest absolute Gasteiger partial charge is 0.292 e. The third-order valence-electron chi connectivity index (χ3n) is 3.01. The number of aryl methyl sites for hydroxylation is 1. The number of nitro benzene ring substituents is 1.